The number of ketones is 1. The van der Waals surface area contributed by atoms with E-state index < -0.39 is 6.10 Å². The lowest BCUT2D eigenvalue weighted by atomic mass is 10.1. The van der Waals surface area contributed by atoms with E-state index in [9.17, 15) is 9.90 Å². The highest BCUT2D eigenvalue weighted by atomic mass is 16.3. The molecule has 0 spiro atoms. The second-order valence-corrected chi connectivity index (χ2v) is 4.22. The molecular formula is C17H22O3. The zero-order valence-electron chi connectivity index (χ0n) is 11.8. The lowest BCUT2D eigenvalue weighted by molar-refractivity contribution is -0.114. The summed E-state index contributed by atoms with van der Waals surface area (Å²) in [6.07, 6.45) is 9.95. The van der Waals surface area contributed by atoms with Gasteiger partial charge in [-0.25, -0.2) is 0 Å². The van der Waals surface area contributed by atoms with Crippen molar-refractivity contribution in [1.82, 2.24) is 0 Å². The molecule has 0 bridgehead atoms. The van der Waals surface area contributed by atoms with Crippen molar-refractivity contribution in [2.45, 2.75) is 44.6 Å². The largest absolute Gasteiger partial charge is 0.396 e. The molecule has 0 aliphatic carbocycles. The van der Waals surface area contributed by atoms with E-state index >= 15 is 0 Å². The molecule has 3 nitrogen and oxygen atoms in total. The standard InChI is InChI=1S/C17H22O3/c1-2-3-4-5-6-7-8-11-16(19)12-9-10-13-17(20)14-15-18/h2,8,11,16,18-19H,1,3-7,14-15H2. The first-order chi connectivity index (χ1) is 9.70. The Hall–Kier alpha value is -1.81. The van der Waals surface area contributed by atoms with Crippen LogP contribution in [0.2, 0.25) is 0 Å². The van der Waals surface area contributed by atoms with Crippen LogP contribution in [0.25, 0.3) is 0 Å². The second kappa shape index (κ2) is 13.6. The number of allylic oxidation sites excluding steroid dienone is 2. The summed E-state index contributed by atoms with van der Waals surface area (Å²) in [4.78, 5) is 10.9. The number of carbonyl (C=O) groups is 1. The van der Waals surface area contributed by atoms with Gasteiger partial charge in [0, 0.05) is 6.42 Å². The van der Waals surface area contributed by atoms with Crippen molar-refractivity contribution >= 4 is 5.78 Å². The van der Waals surface area contributed by atoms with Crippen molar-refractivity contribution in [2.24, 2.45) is 0 Å². The number of unbranched alkanes of at least 4 members (excludes halogenated alkanes) is 4. The van der Waals surface area contributed by atoms with Crippen LogP contribution in [-0.4, -0.2) is 28.7 Å². The fourth-order valence-corrected chi connectivity index (χ4v) is 1.38. The predicted molar refractivity (Wildman–Crippen MR) is 80.7 cm³/mol. The summed E-state index contributed by atoms with van der Waals surface area (Å²) in [7, 11) is 0. The molecule has 0 aliphatic rings. The van der Waals surface area contributed by atoms with Gasteiger partial charge in [0.2, 0.25) is 5.78 Å². The van der Waals surface area contributed by atoms with E-state index in [0.29, 0.717) is 0 Å². The minimum absolute atomic E-state index is 0.0169. The molecule has 0 saturated heterocycles. The van der Waals surface area contributed by atoms with E-state index in [4.69, 9.17) is 5.11 Å². The van der Waals surface area contributed by atoms with Gasteiger partial charge < -0.3 is 10.2 Å². The molecule has 0 heterocycles. The Balaban J connectivity index is 3.84. The van der Waals surface area contributed by atoms with Crippen molar-refractivity contribution in [3.63, 3.8) is 0 Å². The van der Waals surface area contributed by atoms with Gasteiger partial charge in [0.25, 0.3) is 0 Å². The van der Waals surface area contributed by atoms with Crippen molar-refractivity contribution < 1.29 is 15.0 Å². The molecule has 0 fully saturated rings. The third-order valence-corrected chi connectivity index (χ3v) is 2.42. The Labute approximate surface area is 121 Å². The fraction of sp³-hybridized carbons (Fsp3) is 0.471. The summed E-state index contributed by atoms with van der Waals surface area (Å²) in [5, 5.41) is 18.0. The maximum Gasteiger partial charge on any atom is 0.208 e. The van der Waals surface area contributed by atoms with Gasteiger partial charge >= 0.3 is 0 Å². The highest BCUT2D eigenvalue weighted by molar-refractivity contribution is 5.95. The van der Waals surface area contributed by atoms with Gasteiger partial charge in [-0.2, -0.15) is 0 Å². The Morgan fingerprint density at radius 2 is 1.95 bits per heavy atom. The normalized spacial score (nSPS) is 11.1. The summed E-state index contributed by atoms with van der Waals surface area (Å²) in [5.74, 6) is 9.19. The number of aliphatic hydroxyl groups excluding tert-OH is 2. The number of carbonyl (C=O) groups excluding carboxylic acids is 1. The van der Waals surface area contributed by atoms with Crippen LogP contribution in [0.5, 0.6) is 0 Å². The number of aliphatic hydroxyl groups is 2. The maximum absolute atomic E-state index is 10.9. The Morgan fingerprint density at radius 3 is 2.65 bits per heavy atom. The lowest BCUT2D eigenvalue weighted by Crippen LogP contribution is -1.97. The van der Waals surface area contributed by atoms with Gasteiger partial charge in [0.05, 0.1) is 6.61 Å². The summed E-state index contributed by atoms with van der Waals surface area (Å²) >= 11 is 0. The number of Topliss-reactive ketones (excluding diaryl/α,β-unsaturated/α-hetero) is 1. The first kappa shape index (κ1) is 18.2. The number of hydrogen-bond acceptors (Lipinski definition) is 3. The number of hydrogen-bond donors (Lipinski definition) is 2. The zero-order valence-corrected chi connectivity index (χ0v) is 11.8. The molecule has 0 rings (SSSR count). The van der Waals surface area contributed by atoms with Crippen LogP contribution in [0, 0.1) is 23.7 Å². The van der Waals surface area contributed by atoms with Crippen LogP contribution in [0.15, 0.2) is 24.8 Å². The topological polar surface area (TPSA) is 57.5 Å². The molecule has 20 heavy (non-hydrogen) atoms. The summed E-state index contributed by atoms with van der Waals surface area (Å²) < 4.78 is 0. The Kier molecular flexibility index (Phi) is 12.4. The molecule has 0 amide bonds. The van der Waals surface area contributed by atoms with E-state index in [1.54, 1.807) is 6.08 Å². The van der Waals surface area contributed by atoms with Crippen LogP contribution in [0.4, 0.5) is 0 Å². The van der Waals surface area contributed by atoms with Crippen LogP contribution in [-0.2, 0) is 4.79 Å². The first-order valence-corrected chi connectivity index (χ1v) is 6.81. The van der Waals surface area contributed by atoms with E-state index in [-0.39, 0.29) is 18.8 Å². The molecule has 2 N–H and O–H groups in total. The molecular weight excluding hydrogens is 252 g/mol. The van der Waals surface area contributed by atoms with Gasteiger partial charge in [0.1, 0.15) is 6.10 Å². The molecule has 0 saturated carbocycles. The summed E-state index contributed by atoms with van der Waals surface area (Å²) in [5.41, 5.74) is 0. The molecule has 0 aromatic heterocycles. The molecule has 1 unspecified atom stereocenters. The smallest absolute Gasteiger partial charge is 0.208 e. The molecule has 3 heteroatoms. The zero-order chi connectivity index (χ0) is 15.1. The average molecular weight is 274 g/mol. The van der Waals surface area contributed by atoms with Crippen molar-refractivity contribution in [2.75, 3.05) is 6.61 Å². The van der Waals surface area contributed by atoms with Gasteiger partial charge in [0.15, 0.2) is 0 Å². The maximum atomic E-state index is 10.9. The molecule has 0 radical (unpaired) electrons. The molecule has 0 aromatic rings. The van der Waals surface area contributed by atoms with E-state index in [1.807, 2.05) is 12.2 Å². The highest BCUT2D eigenvalue weighted by Gasteiger charge is 1.92. The van der Waals surface area contributed by atoms with Gasteiger partial charge in [-0.05, 0) is 49.5 Å². The lowest BCUT2D eigenvalue weighted by Gasteiger charge is -1.95. The summed E-state index contributed by atoms with van der Waals surface area (Å²) in [6.45, 7) is 3.46. The van der Waals surface area contributed by atoms with Gasteiger partial charge in [-0.1, -0.05) is 24.5 Å². The molecule has 0 aromatic carbocycles. The third kappa shape index (κ3) is 12.6. The first-order valence-electron chi connectivity index (χ1n) is 6.81. The Morgan fingerprint density at radius 1 is 1.20 bits per heavy atom. The second-order valence-electron chi connectivity index (χ2n) is 4.22. The van der Waals surface area contributed by atoms with Crippen molar-refractivity contribution in [3.8, 4) is 23.7 Å². The third-order valence-electron chi connectivity index (χ3n) is 2.42. The monoisotopic (exact) mass is 274 g/mol. The average Bonchev–Trinajstić information content (AvgIpc) is 2.43. The van der Waals surface area contributed by atoms with Gasteiger partial charge in [-0.15, -0.1) is 6.58 Å². The van der Waals surface area contributed by atoms with Crippen LogP contribution in [0.1, 0.15) is 38.5 Å². The van der Waals surface area contributed by atoms with Gasteiger partial charge in [-0.3, -0.25) is 4.79 Å². The quantitative estimate of drug-likeness (QED) is 0.293. The Bertz CT molecular complexity index is 427. The minimum atomic E-state index is -0.856. The minimum Gasteiger partial charge on any atom is -0.396 e. The molecule has 108 valence electrons. The number of rotatable bonds is 9. The van der Waals surface area contributed by atoms with E-state index in [2.05, 4.69) is 30.3 Å². The van der Waals surface area contributed by atoms with Crippen LogP contribution < -0.4 is 0 Å². The van der Waals surface area contributed by atoms with E-state index in [0.717, 1.165) is 32.1 Å². The van der Waals surface area contributed by atoms with E-state index in [1.165, 1.54) is 0 Å². The SMILES string of the molecule is C=CCCCCCC=CC(O)C#CC#CC(=O)CCO. The molecule has 1 atom stereocenters. The fourth-order valence-electron chi connectivity index (χ4n) is 1.38. The van der Waals surface area contributed by atoms with Crippen molar-refractivity contribution in [1.29, 1.82) is 0 Å². The molecule has 0 aliphatic heterocycles. The van der Waals surface area contributed by atoms with Crippen LogP contribution in [0.3, 0.4) is 0 Å². The highest BCUT2D eigenvalue weighted by Crippen LogP contribution is 2.04. The van der Waals surface area contributed by atoms with Crippen LogP contribution >= 0.6 is 0 Å². The predicted octanol–water partition coefficient (Wildman–Crippen LogP) is 2.00. The van der Waals surface area contributed by atoms with Crippen molar-refractivity contribution in [3.05, 3.63) is 24.8 Å². The summed E-state index contributed by atoms with van der Waals surface area (Å²) in [6, 6.07) is 0.